The summed E-state index contributed by atoms with van der Waals surface area (Å²) in [6, 6.07) is 0. The van der Waals surface area contributed by atoms with Gasteiger partial charge in [-0.05, 0) is 25.7 Å². The molecule has 1 nitrogen and oxygen atoms in total. The highest BCUT2D eigenvalue weighted by atomic mass is 35.5. The molecular weight excluding hydrogens is 205 g/mol. The molecule has 2 atom stereocenters. The van der Waals surface area contributed by atoms with Crippen molar-refractivity contribution in [2.24, 2.45) is 5.73 Å². The van der Waals surface area contributed by atoms with E-state index < -0.39 is 0 Å². The van der Waals surface area contributed by atoms with E-state index in [4.69, 9.17) is 28.9 Å². The van der Waals surface area contributed by atoms with Crippen LogP contribution in [0.2, 0.25) is 0 Å². The molecule has 2 fully saturated rings. The molecule has 3 heteroatoms. The van der Waals surface area contributed by atoms with Crippen molar-refractivity contribution < 1.29 is 0 Å². The third kappa shape index (κ3) is 1.40. The molecule has 0 heterocycles. The van der Waals surface area contributed by atoms with Gasteiger partial charge in [0.2, 0.25) is 0 Å². The van der Waals surface area contributed by atoms with Gasteiger partial charge in [0, 0.05) is 5.54 Å². The van der Waals surface area contributed by atoms with Crippen LogP contribution in [0.25, 0.3) is 0 Å². The molecular formula is C10H17Cl2N. The SMILES string of the molecule is NC1(C2(Cl)CCCC2Cl)CCCC1. The lowest BCUT2D eigenvalue weighted by Crippen LogP contribution is -2.57. The molecule has 0 saturated heterocycles. The number of halogens is 2. The fraction of sp³-hybridized carbons (Fsp3) is 1.00. The Balaban J connectivity index is 2.21. The van der Waals surface area contributed by atoms with Crippen LogP contribution in [0, 0.1) is 0 Å². The standard InChI is InChI=1S/C10H17Cl2N/c11-8-4-3-7-10(8,12)9(13)5-1-2-6-9/h8H,1-7,13H2. The Labute approximate surface area is 90.0 Å². The van der Waals surface area contributed by atoms with Gasteiger partial charge in [0.1, 0.15) is 0 Å². The maximum Gasteiger partial charge on any atom is 0.0788 e. The Morgan fingerprint density at radius 3 is 2.15 bits per heavy atom. The highest BCUT2D eigenvalue weighted by Gasteiger charge is 2.55. The van der Waals surface area contributed by atoms with Crippen LogP contribution in [0.5, 0.6) is 0 Å². The van der Waals surface area contributed by atoms with Gasteiger partial charge in [-0.1, -0.05) is 19.3 Å². The Kier molecular flexibility index (Phi) is 2.55. The number of rotatable bonds is 1. The quantitative estimate of drug-likeness (QED) is 0.678. The minimum Gasteiger partial charge on any atom is -0.324 e. The Morgan fingerprint density at radius 2 is 1.69 bits per heavy atom. The van der Waals surface area contributed by atoms with Crippen LogP contribution in [0.3, 0.4) is 0 Å². The maximum atomic E-state index is 6.61. The molecule has 0 radical (unpaired) electrons. The smallest absolute Gasteiger partial charge is 0.0788 e. The van der Waals surface area contributed by atoms with Gasteiger partial charge in [-0.3, -0.25) is 0 Å². The second-order valence-electron chi connectivity index (χ2n) is 4.59. The summed E-state index contributed by atoms with van der Waals surface area (Å²) < 4.78 is 0. The van der Waals surface area contributed by atoms with Crippen LogP contribution in [-0.4, -0.2) is 15.8 Å². The van der Waals surface area contributed by atoms with Gasteiger partial charge in [-0.2, -0.15) is 0 Å². The molecule has 2 rings (SSSR count). The fourth-order valence-corrected chi connectivity index (χ4v) is 3.82. The van der Waals surface area contributed by atoms with Crippen molar-refractivity contribution >= 4 is 23.2 Å². The molecule has 0 spiro atoms. The summed E-state index contributed by atoms with van der Waals surface area (Å²) in [6.45, 7) is 0. The predicted molar refractivity (Wildman–Crippen MR) is 57.5 cm³/mol. The van der Waals surface area contributed by atoms with Crippen molar-refractivity contribution in [2.75, 3.05) is 0 Å². The van der Waals surface area contributed by atoms with Crippen LogP contribution in [-0.2, 0) is 0 Å². The molecule has 0 aromatic carbocycles. The molecule has 2 saturated carbocycles. The van der Waals surface area contributed by atoms with E-state index in [9.17, 15) is 0 Å². The second kappa shape index (κ2) is 3.29. The number of hydrogen-bond acceptors (Lipinski definition) is 1. The molecule has 0 aliphatic heterocycles. The largest absolute Gasteiger partial charge is 0.324 e. The first-order valence-corrected chi connectivity index (χ1v) is 6.02. The maximum absolute atomic E-state index is 6.61. The Morgan fingerprint density at radius 1 is 1.08 bits per heavy atom. The van der Waals surface area contributed by atoms with Gasteiger partial charge in [-0.15, -0.1) is 23.2 Å². The van der Waals surface area contributed by atoms with E-state index in [1.54, 1.807) is 0 Å². The normalized spacial score (nSPS) is 44.1. The molecule has 0 aromatic heterocycles. The van der Waals surface area contributed by atoms with Crippen molar-refractivity contribution in [3.63, 3.8) is 0 Å². The first-order valence-electron chi connectivity index (χ1n) is 5.20. The Bertz CT molecular complexity index is 201. The molecule has 0 amide bonds. The summed E-state index contributed by atoms with van der Waals surface area (Å²) in [7, 11) is 0. The zero-order chi connectivity index (χ0) is 9.53. The summed E-state index contributed by atoms with van der Waals surface area (Å²) in [5.41, 5.74) is 6.19. The molecule has 0 bridgehead atoms. The van der Waals surface area contributed by atoms with Crippen molar-refractivity contribution in [1.29, 1.82) is 0 Å². The van der Waals surface area contributed by atoms with E-state index in [0.717, 1.165) is 32.1 Å². The van der Waals surface area contributed by atoms with Crippen LogP contribution >= 0.6 is 23.2 Å². The molecule has 76 valence electrons. The van der Waals surface area contributed by atoms with E-state index in [2.05, 4.69) is 0 Å². The van der Waals surface area contributed by atoms with Gasteiger partial charge in [0.25, 0.3) is 0 Å². The predicted octanol–water partition coefficient (Wildman–Crippen LogP) is 3.03. The summed E-state index contributed by atoms with van der Waals surface area (Å²) in [6.07, 6.45) is 7.71. The van der Waals surface area contributed by atoms with Gasteiger partial charge in [0.15, 0.2) is 0 Å². The van der Waals surface area contributed by atoms with E-state index in [-0.39, 0.29) is 15.8 Å². The summed E-state index contributed by atoms with van der Waals surface area (Å²) in [4.78, 5) is -0.314. The lowest BCUT2D eigenvalue weighted by Gasteiger charge is -2.41. The molecule has 13 heavy (non-hydrogen) atoms. The average molecular weight is 222 g/mol. The third-order valence-corrected chi connectivity index (χ3v) is 5.35. The highest BCUT2D eigenvalue weighted by Crippen LogP contribution is 2.51. The second-order valence-corrected chi connectivity index (χ2v) is 5.79. The molecule has 2 aliphatic rings. The van der Waals surface area contributed by atoms with Crippen LogP contribution < -0.4 is 5.73 Å². The monoisotopic (exact) mass is 221 g/mol. The highest BCUT2D eigenvalue weighted by molar-refractivity contribution is 6.33. The van der Waals surface area contributed by atoms with Crippen molar-refractivity contribution in [2.45, 2.75) is 60.7 Å². The van der Waals surface area contributed by atoms with Crippen LogP contribution in [0.4, 0.5) is 0 Å². The van der Waals surface area contributed by atoms with E-state index >= 15 is 0 Å². The lowest BCUT2D eigenvalue weighted by atomic mass is 9.81. The molecule has 2 N–H and O–H groups in total. The van der Waals surface area contributed by atoms with Crippen molar-refractivity contribution in [1.82, 2.24) is 0 Å². The molecule has 0 aromatic rings. The summed E-state index contributed by atoms with van der Waals surface area (Å²) >= 11 is 12.9. The van der Waals surface area contributed by atoms with Gasteiger partial charge < -0.3 is 5.73 Å². The lowest BCUT2D eigenvalue weighted by molar-refractivity contribution is 0.313. The number of hydrogen-bond donors (Lipinski definition) is 1. The van der Waals surface area contributed by atoms with Crippen LogP contribution in [0.15, 0.2) is 0 Å². The van der Waals surface area contributed by atoms with Gasteiger partial charge in [-0.25, -0.2) is 0 Å². The Hall–Kier alpha value is 0.540. The average Bonchev–Trinajstić information content (AvgIpc) is 2.63. The number of alkyl halides is 2. The third-order valence-electron chi connectivity index (χ3n) is 3.82. The first kappa shape index (κ1) is 10.1. The van der Waals surface area contributed by atoms with E-state index in [0.29, 0.717) is 0 Å². The van der Waals surface area contributed by atoms with E-state index in [1.807, 2.05) is 0 Å². The summed E-state index contributed by atoms with van der Waals surface area (Å²) in [5, 5.41) is 0.0808. The van der Waals surface area contributed by atoms with Crippen LogP contribution in [0.1, 0.15) is 44.9 Å². The topological polar surface area (TPSA) is 26.0 Å². The molecule has 2 aliphatic carbocycles. The minimum atomic E-state index is -0.314. The van der Waals surface area contributed by atoms with Gasteiger partial charge in [0.05, 0.1) is 10.3 Å². The molecule has 2 unspecified atom stereocenters. The zero-order valence-corrected chi connectivity index (χ0v) is 9.37. The summed E-state index contributed by atoms with van der Waals surface area (Å²) in [5.74, 6) is 0. The van der Waals surface area contributed by atoms with Gasteiger partial charge >= 0.3 is 0 Å². The van der Waals surface area contributed by atoms with E-state index in [1.165, 1.54) is 12.8 Å². The zero-order valence-electron chi connectivity index (χ0n) is 7.86. The van der Waals surface area contributed by atoms with Crippen molar-refractivity contribution in [3.8, 4) is 0 Å². The van der Waals surface area contributed by atoms with Crippen molar-refractivity contribution in [3.05, 3.63) is 0 Å². The minimum absolute atomic E-state index is 0.0808. The fourth-order valence-electron chi connectivity index (χ4n) is 2.91. The number of nitrogens with two attached hydrogens (primary N) is 1. The first-order chi connectivity index (χ1) is 6.08.